The zero-order chi connectivity index (χ0) is 19.6. The first-order chi connectivity index (χ1) is 12.7. The minimum Gasteiger partial charge on any atom is -0.295 e. The Hall–Kier alpha value is -3.00. The number of halogens is 3. The van der Waals surface area contributed by atoms with Crippen LogP contribution in [0.5, 0.6) is 0 Å². The minimum absolute atomic E-state index is 0.132. The van der Waals surface area contributed by atoms with E-state index in [0.717, 1.165) is 29.0 Å². The predicted molar refractivity (Wildman–Crippen MR) is 96.7 cm³/mol. The van der Waals surface area contributed by atoms with E-state index in [1.165, 1.54) is 17.5 Å². The molecule has 1 amide bonds. The van der Waals surface area contributed by atoms with Gasteiger partial charge in [-0.1, -0.05) is 42.0 Å². The summed E-state index contributed by atoms with van der Waals surface area (Å²) in [6.45, 7) is 1.86. The van der Waals surface area contributed by atoms with Crippen LogP contribution in [0.15, 0.2) is 53.9 Å². The molecular weight excluding hydrogens is 377 g/mol. The molecule has 27 heavy (non-hydrogen) atoms. The van der Waals surface area contributed by atoms with Gasteiger partial charge in [-0.15, -0.1) is 11.3 Å². The molecule has 3 rings (SSSR count). The molecular formula is C19H13F3N2O2S. The largest absolute Gasteiger partial charge is 0.416 e. The van der Waals surface area contributed by atoms with Crippen LogP contribution in [0.3, 0.4) is 0 Å². The lowest BCUT2D eigenvalue weighted by atomic mass is 10.1. The van der Waals surface area contributed by atoms with E-state index in [4.69, 9.17) is 0 Å². The number of Topliss-reactive ketones (excluding diaryl/α,β-unsaturated/α-hetero) is 1. The van der Waals surface area contributed by atoms with Crippen molar-refractivity contribution in [3.05, 3.63) is 70.6 Å². The normalized spacial score (nSPS) is 11.3. The van der Waals surface area contributed by atoms with Crippen molar-refractivity contribution in [1.82, 2.24) is 4.98 Å². The van der Waals surface area contributed by atoms with E-state index in [-0.39, 0.29) is 22.0 Å². The molecule has 1 heterocycles. The fourth-order valence-electron chi connectivity index (χ4n) is 2.31. The van der Waals surface area contributed by atoms with Crippen LogP contribution in [0.2, 0.25) is 0 Å². The van der Waals surface area contributed by atoms with Crippen molar-refractivity contribution in [3.8, 4) is 11.3 Å². The fourth-order valence-corrected chi connectivity index (χ4v) is 3.02. The molecule has 0 unspecified atom stereocenters. The number of amides is 1. The second kappa shape index (κ2) is 7.32. The van der Waals surface area contributed by atoms with Gasteiger partial charge in [-0.3, -0.25) is 14.9 Å². The number of benzene rings is 2. The molecule has 0 saturated carbocycles. The molecule has 0 saturated heterocycles. The molecule has 4 nitrogen and oxygen atoms in total. The van der Waals surface area contributed by atoms with Crippen molar-refractivity contribution < 1.29 is 22.8 Å². The molecule has 8 heteroatoms. The van der Waals surface area contributed by atoms with Crippen LogP contribution in [0, 0.1) is 6.92 Å². The first kappa shape index (κ1) is 18.8. The highest BCUT2D eigenvalue weighted by Gasteiger charge is 2.30. The molecule has 1 aromatic heterocycles. The topological polar surface area (TPSA) is 59.1 Å². The molecule has 0 aliphatic carbocycles. The van der Waals surface area contributed by atoms with Gasteiger partial charge >= 0.3 is 6.18 Å². The molecule has 138 valence electrons. The number of nitrogens with zero attached hydrogens (tertiary/aromatic N) is 1. The number of carbonyl (C=O) groups is 2. The first-order valence-electron chi connectivity index (χ1n) is 7.79. The Morgan fingerprint density at radius 2 is 1.78 bits per heavy atom. The number of alkyl halides is 3. The summed E-state index contributed by atoms with van der Waals surface area (Å²) in [5.41, 5.74) is 0.967. The number of aromatic nitrogens is 1. The first-order valence-corrected chi connectivity index (χ1v) is 8.67. The van der Waals surface area contributed by atoms with Crippen LogP contribution in [0.25, 0.3) is 11.3 Å². The van der Waals surface area contributed by atoms with Gasteiger partial charge in [0, 0.05) is 16.5 Å². The Balaban J connectivity index is 1.75. The SMILES string of the molecule is Cc1ccc(C(=O)C(=O)Nc2nc(-c3cccc(C(F)(F)F)c3)cs2)cc1. The monoisotopic (exact) mass is 390 g/mol. The number of thiazole rings is 1. The summed E-state index contributed by atoms with van der Waals surface area (Å²) >= 11 is 1.02. The minimum atomic E-state index is -4.45. The highest BCUT2D eigenvalue weighted by molar-refractivity contribution is 7.14. The maximum absolute atomic E-state index is 12.8. The summed E-state index contributed by atoms with van der Waals surface area (Å²) in [6, 6.07) is 11.3. The molecule has 0 bridgehead atoms. The Kier molecular flexibility index (Phi) is 5.09. The maximum atomic E-state index is 12.8. The van der Waals surface area contributed by atoms with E-state index in [1.54, 1.807) is 24.3 Å². The average Bonchev–Trinajstić information content (AvgIpc) is 3.09. The van der Waals surface area contributed by atoms with Crippen LogP contribution >= 0.6 is 11.3 Å². The van der Waals surface area contributed by atoms with Crippen molar-refractivity contribution in [1.29, 1.82) is 0 Å². The number of anilines is 1. The lowest BCUT2D eigenvalue weighted by Crippen LogP contribution is -2.22. The van der Waals surface area contributed by atoms with Gasteiger partial charge in [-0.05, 0) is 19.1 Å². The zero-order valence-electron chi connectivity index (χ0n) is 14.0. The number of ketones is 1. The Bertz CT molecular complexity index is 995. The van der Waals surface area contributed by atoms with Crippen molar-refractivity contribution >= 4 is 28.2 Å². The third-order valence-electron chi connectivity index (χ3n) is 3.73. The summed E-state index contributed by atoms with van der Waals surface area (Å²) in [6.07, 6.45) is -4.45. The third-order valence-corrected chi connectivity index (χ3v) is 4.49. The van der Waals surface area contributed by atoms with E-state index >= 15 is 0 Å². The van der Waals surface area contributed by atoms with Gasteiger partial charge in [-0.2, -0.15) is 13.2 Å². The summed E-state index contributed by atoms with van der Waals surface area (Å²) in [5.74, 6) is -1.57. The molecule has 0 atom stereocenters. The Morgan fingerprint density at radius 3 is 2.44 bits per heavy atom. The predicted octanol–water partition coefficient (Wildman–Crippen LogP) is 4.96. The van der Waals surface area contributed by atoms with E-state index in [9.17, 15) is 22.8 Å². The van der Waals surface area contributed by atoms with Gasteiger partial charge in [0.1, 0.15) is 0 Å². The lowest BCUT2D eigenvalue weighted by Gasteiger charge is -2.07. The number of rotatable bonds is 4. The molecule has 0 aliphatic rings. The van der Waals surface area contributed by atoms with Gasteiger partial charge in [-0.25, -0.2) is 4.98 Å². The standard InChI is InChI=1S/C19H13F3N2O2S/c1-11-5-7-12(8-6-11)16(25)17(26)24-18-23-15(10-27-18)13-3-2-4-14(9-13)19(20,21)22/h2-10H,1H3,(H,23,24,26). The Labute approximate surface area is 156 Å². The summed E-state index contributed by atoms with van der Waals surface area (Å²) in [7, 11) is 0. The molecule has 1 N–H and O–H groups in total. The van der Waals surface area contributed by atoms with Gasteiger partial charge in [0.15, 0.2) is 5.13 Å². The number of nitrogens with one attached hydrogen (secondary N) is 1. The van der Waals surface area contributed by atoms with Crippen LogP contribution in [-0.4, -0.2) is 16.7 Å². The van der Waals surface area contributed by atoms with Gasteiger partial charge in [0.05, 0.1) is 11.3 Å². The zero-order valence-corrected chi connectivity index (χ0v) is 14.8. The number of carbonyl (C=O) groups excluding carboxylic acids is 2. The molecule has 2 aromatic carbocycles. The maximum Gasteiger partial charge on any atom is 0.416 e. The highest BCUT2D eigenvalue weighted by Crippen LogP contribution is 2.33. The summed E-state index contributed by atoms with van der Waals surface area (Å²) in [4.78, 5) is 28.3. The molecule has 0 aliphatic heterocycles. The van der Waals surface area contributed by atoms with Crippen LogP contribution in [0.1, 0.15) is 21.5 Å². The lowest BCUT2D eigenvalue weighted by molar-refractivity contribution is -0.137. The molecule has 0 radical (unpaired) electrons. The van der Waals surface area contributed by atoms with Crippen molar-refractivity contribution in [2.24, 2.45) is 0 Å². The Morgan fingerprint density at radius 1 is 1.07 bits per heavy atom. The summed E-state index contributed by atoms with van der Waals surface area (Å²) < 4.78 is 38.5. The second-order valence-electron chi connectivity index (χ2n) is 5.77. The van der Waals surface area contributed by atoms with Gasteiger partial charge < -0.3 is 0 Å². The van der Waals surface area contributed by atoms with E-state index in [2.05, 4.69) is 10.3 Å². The molecule has 0 spiro atoms. The second-order valence-corrected chi connectivity index (χ2v) is 6.62. The van der Waals surface area contributed by atoms with Crippen LogP contribution in [0.4, 0.5) is 18.3 Å². The smallest absolute Gasteiger partial charge is 0.295 e. The van der Waals surface area contributed by atoms with Crippen molar-refractivity contribution in [3.63, 3.8) is 0 Å². The van der Waals surface area contributed by atoms with Crippen LogP contribution in [-0.2, 0) is 11.0 Å². The van der Waals surface area contributed by atoms with Crippen molar-refractivity contribution in [2.45, 2.75) is 13.1 Å². The van der Waals surface area contributed by atoms with E-state index in [0.29, 0.717) is 0 Å². The van der Waals surface area contributed by atoms with Gasteiger partial charge in [0.2, 0.25) is 0 Å². The highest BCUT2D eigenvalue weighted by atomic mass is 32.1. The fraction of sp³-hybridized carbons (Fsp3) is 0.105. The van der Waals surface area contributed by atoms with E-state index in [1.807, 2.05) is 6.92 Å². The van der Waals surface area contributed by atoms with Crippen LogP contribution < -0.4 is 5.32 Å². The summed E-state index contributed by atoms with van der Waals surface area (Å²) in [5, 5.41) is 4.03. The molecule has 0 fully saturated rings. The molecule has 3 aromatic rings. The van der Waals surface area contributed by atoms with E-state index < -0.39 is 23.4 Å². The quantitative estimate of drug-likeness (QED) is 0.506. The van der Waals surface area contributed by atoms with Crippen molar-refractivity contribution in [2.75, 3.05) is 5.32 Å². The number of aryl methyl sites for hydroxylation is 1. The number of hydrogen-bond donors (Lipinski definition) is 1. The third kappa shape index (κ3) is 4.40. The number of hydrogen-bond acceptors (Lipinski definition) is 4. The van der Waals surface area contributed by atoms with Gasteiger partial charge in [0.25, 0.3) is 11.7 Å². The average molecular weight is 390 g/mol.